The van der Waals surface area contributed by atoms with Gasteiger partial charge in [0.15, 0.2) is 0 Å². The number of carbonyl (C=O) groups excluding carboxylic acids is 3. The van der Waals surface area contributed by atoms with Gasteiger partial charge in [0.25, 0.3) is 11.8 Å². The van der Waals surface area contributed by atoms with Crippen LogP contribution in [-0.4, -0.2) is 140 Å². The quantitative estimate of drug-likeness (QED) is 0.0449. The number of hydrogen-bond acceptors (Lipinski definition) is 11. The topological polar surface area (TPSA) is 211 Å². The van der Waals surface area contributed by atoms with Crippen LogP contribution < -0.4 is 0 Å². The predicted octanol–water partition coefficient (Wildman–Crippen LogP) is 0.850. The van der Waals surface area contributed by atoms with Gasteiger partial charge < -0.3 is 33.3 Å². The van der Waals surface area contributed by atoms with E-state index in [1.807, 2.05) is 0 Å². The molecule has 0 bridgehead atoms. The largest absolute Gasteiger partial charge is 0.379 e. The highest BCUT2D eigenvalue weighted by molar-refractivity contribution is 6.12. The molecule has 0 aromatic heterocycles. The summed E-state index contributed by atoms with van der Waals surface area (Å²) in [6, 6.07) is 0. The molecule has 1 aliphatic heterocycles. The first-order valence-electron chi connectivity index (χ1n) is 12.9. The molecule has 0 saturated heterocycles. The Hall–Kier alpha value is -3.27. The number of hydrogen-bond donors (Lipinski definition) is 0. The molecule has 0 aliphatic carbocycles. The van der Waals surface area contributed by atoms with Gasteiger partial charge in [0.2, 0.25) is 5.91 Å². The van der Waals surface area contributed by atoms with Crippen LogP contribution in [0.2, 0.25) is 0 Å². The number of nitrogens with zero attached hydrogens (tertiary/aromatic N) is 8. The molecule has 3 amide bonds. The fourth-order valence-electron chi connectivity index (χ4n) is 3.10. The van der Waals surface area contributed by atoms with E-state index in [9.17, 15) is 14.4 Å². The third kappa shape index (κ3) is 18.1. The second-order valence-corrected chi connectivity index (χ2v) is 7.88. The lowest BCUT2D eigenvalue weighted by Gasteiger charge is -2.23. The monoisotopic (exact) mass is 570 g/mol. The molecule has 40 heavy (non-hydrogen) atoms. The molecule has 0 atom stereocenters. The van der Waals surface area contributed by atoms with E-state index < -0.39 is 0 Å². The Kier molecular flexibility index (Phi) is 21.5. The molecular formula is C23H38N8O9. The van der Waals surface area contributed by atoms with E-state index in [4.69, 9.17) is 39.5 Å². The molecule has 0 fully saturated rings. The molecule has 224 valence electrons. The minimum atomic E-state index is -0.352. The van der Waals surface area contributed by atoms with Crippen molar-refractivity contribution in [2.24, 2.45) is 10.2 Å². The van der Waals surface area contributed by atoms with Gasteiger partial charge in [-0.3, -0.25) is 19.3 Å². The molecule has 17 heteroatoms. The van der Waals surface area contributed by atoms with Crippen LogP contribution in [0.4, 0.5) is 0 Å². The van der Waals surface area contributed by atoms with Crippen LogP contribution in [0.1, 0.15) is 6.42 Å². The second kappa shape index (κ2) is 24.7. The summed E-state index contributed by atoms with van der Waals surface area (Å²) in [5.41, 5.74) is 16.4. The van der Waals surface area contributed by atoms with Gasteiger partial charge in [0, 0.05) is 48.2 Å². The SMILES string of the molecule is [N-]=[N+]=NCCOCCOCCN(CCOCCOCCN=[N+]=[N-])C(=O)CCOCCOCCN1C(=O)C=CC1=O. The summed E-state index contributed by atoms with van der Waals surface area (Å²) >= 11 is 0. The van der Waals surface area contributed by atoms with E-state index >= 15 is 0 Å². The molecule has 1 heterocycles. The second-order valence-electron chi connectivity index (χ2n) is 7.88. The van der Waals surface area contributed by atoms with Crippen molar-refractivity contribution >= 4 is 17.7 Å². The van der Waals surface area contributed by atoms with Crippen LogP contribution in [0, 0.1) is 0 Å². The lowest BCUT2D eigenvalue weighted by molar-refractivity contribution is -0.137. The maximum atomic E-state index is 12.7. The van der Waals surface area contributed by atoms with Crippen LogP contribution in [0.3, 0.4) is 0 Å². The molecule has 1 aliphatic rings. The van der Waals surface area contributed by atoms with Crippen LogP contribution >= 0.6 is 0 Å². The summed E-state index contributed by atoms with van der Waals surface area (Å²) in [5.74, 6) is -0.826. The van der Waals surface area contributed by atoms with Gasteiger partial charge in [-0.2, -0.15) is 0 Å². The molecule has 0 unspecified atom stereocenters. The van der Waals surface area contributed by atoms with Crippen molar-refractivity contribution in [2.45, 2.75) is 6.42 Å². The van der Waals surface area contributed by atoms with Crippen LogP contribution in [-0.2, 0) is 42.8 Å². The first-order valence-corrected chi connectivity index (χ1v) is 12.9. The lowest BCUT2D eigenvalue weighted by atomic mass is 10.3. The minimum Gasteiger partial charge on any atom is -0.379 e. The van der Waals surface area contributed by atoms with Gasteiger partial charge in [0.05, 0.1) is 92.2 Å². The highest BCUT2D eigenvalue weighted by Crippen LogP contribution is 2.02. The summed E-state index contributed by atoms with van der Waals surface area (Å²) in [6.45, 7) is 4.91. The zero-order chi connectivity index (χ0) is 29.1. The van der Waals surface area contributed by atoms with E-state index in [1.165, 1.54) is 12.2 Å². The van der Waals surface area contributed by atoms with Crippen LogP contribution in [0.5, 0.6) is 0 Å². The Labute approximate surface area is 232 Å². The summed E-state index contributed by atoms with van der Waals surface area (Å²) < 4.78 is 32.5. The van der Waals surface area contributed by atoms with E-state index in [-0.39, 0.29) is 70.2 Å². The first-order chi connectivity index (χ1) is 19.6. The summed E-state index contributed by atoms with van der Waals surface area (Å²) in [4.78, 5) is 43.7. The average molecular weight is 571 g/mol. The van der Waals surface area contributed by atoms with Gasteiger partial charge in [-0.15, -0.1) is 0 Å². The molecule has 0 aromatic rings. The van der Waals surface area contributed by atoms with Crippen molar-refractivity contribution in [3.8, 4) is 0 Å². The highest BCUT2D eigenvalue weighted by atomic mass is 16.5. The number of carbonyl (C=O) groups is 3. The van der Waals surface area contributed by atoms with Crippen molar-refractivity contribution in [3.63, 3.8) is 0 Å². The average Bonchev–Trinajstić information content (AvgIpc) is 3.27. The highest BCUT2D eigenvalue weighted by Gasteiger charge is 2.22. The predicted molar refractivity (Wildman–Crippen MR) is 140 cm³/mol. The number of ether oxygens (including phenoxy) is 6. The molecule has 0 spiro atoms. The zero-order valence-electron chi connectivity index (χ0n) is 22.6. The van der Waals surface area contributed by atoms with Gasteiger partial charge in [-0.25, -0.2) is 0 Å². The molecule has 0 saturated carbocycles. The van der Waals surface area contributed by atoms with Crippen LogP contribution in [0.25, 0.3) is 20.9 Å². The number of azide groups is 2. The Balaban J connectivity index is 2.21. The fraction of sp³-hybridized carbons (Fsp3) is 0.783. The smallest absolute Gasteiger partial charge is 0.253 e. The zero-order valence-corrected chi connectivity index (χ0v) is 22.6. The van der Waals surface area contributed by atoms with E-state index in [0.717, 1.165) is 4.90 Å². The number of rotatable bonds is 27. The van der Waals surface area contributed by atoms with Gasteiger partial charge in [-0.05, 0) is 11.1 Å². The van der Waals surface area contributed by atoms with Gasteiger partial charge in [0.1, 0.15) is 0 Å². The third-order valence-corrected chi connectivity index (χ3v) is 5.10. The Bertz CT molecular complexity index is 811. The normalized spacial score (nSPS) is 12.4. The van der Waals surface area contributed by atoms with Crippen molar-refractivity contribution in [3.05, 3.63) is 33.0 Å². The Morgan fingerprint density at radius 1 is 0.675 bits per heavy atom. The first kappa shape index (κ1) is 34.8. The van der Waals surface area contributed by atoms with Gasteiger partial charge >= 0.3 is 0 Å². The molecular weight excluding hydrogens is 532 g/mol. The Morgan fingerprint density at radius 2 is 1.10 bits per heavy atom. The van der Waals surface area contributed by atoms with Crippen molar-refractivity contribution in [1.29, 1.82) is 0 Å². The standard InChI is InChI=1S/C23H38N8O9/c24-28-26-4-10-36-16-19-38-12-6-30(7-13-39-20-17-37-11-5-27-29-25)21(32)3-9-35-15-18-40-14-8-31-22(33)1-2-23(31)34/h1-2H,3-20H2. The summed E-state index contributed by atoms with van der Waals surface area (Å²) in [5, 5.41) is 6.74. The number of imide groups is 1. The molecule has 0 radical (unpaired) electrons. The van der Waals surface area contributed by atoms with E-state index in [1.54, 1.807) is 4.90 Å². The van der Waals surface area contributed by atoms with Crippen molar-refractivity contribution < 1.29 is 42.8 Å². The Morgan fingerprint density at radius 3 is 1.57 bits per heavy atom. The van der Waals surface area contributed by atoms with Crippen molar-refractivity contribution in [2.75, 3.05) is 112 Å². The van der Waals surface area contributed by atoms with E-state index in [0.29, 0.717) is 65.9 Å². The molecule has 17 nitrogen and oxygen atoms in total. The lowest BCUT2D eigenvalue weighted by Crippen LogP contribution is -2.37. The number of amides is 3. The minimum absolute atomic E-state index is 0.122. The maximum Gasteiger partial charge on any atom is 0.253 e. The molecule has 0 aromatic carbocycles. The molecule has 0 N–H and O–H groups in total. The maximum absolute atomic E-state index is 12.7. The van der Waals surface area contributed by atoms with Crippen LogP contribution in [0.15, 0.2) is 22.4 Å². The summed E-state index contributed by atoms with van der Waals surface area (Å²) in [7, 11) is 0. The van der Waals surface area contributed by atoms with Gasteiger partial charge in [-0.1, -0.05) is 10.2 Å². The summed E-state index contributed by atoms with van der Waals surface area (Å²) in [6.07, 6.45) is 2.60. The molecule has 1 rings (SSSR count). The van der Waals surface area contributed by atoms with E-state index in [2.05, 4.69) is 20.1 Å². The fourth-order valence-corrected chi connectivity index (χ4v) is 3.10. The third-order valence-electron chi connectivity index (χ3n) is 5.10. The van der Waals surface area contributed by atoms with Crippen molar-refractivity contribution in [1.82, 2.24) is 9.80 Å².